The van der Waals surface area contributed by atoms with Gasteiger partial charge in [0, 0.05) is 6.07 Å². The lowest BCUT2D eigenvalue weighted by molar-refractivity contribution is 0.247. The quantitative estimate of drug-likeness (QED) is 0.896. The topological polar surface area (TPSA) is 59.6 Å². The van der Waals surface area contributed by atoms with E-state index in [1.807, 2.05) is 12.1 Å². The molecule has 5 nitrogen and oxygen atoms in total. The number of carbonyl (C=O) groups excluding carboxylic acids is 1. The van der Waals surface area contributed by atoms with Crippen LogP contribution in [0.2, 0.25) is 0 Å². The second kappa shape index (κ2) is 7.25. The van der Waals surface area contributed by atoms with Crippen molar-refractivity contribution in [2.45, 2.75) is 25.3 Å². The van der Waals surface area contributed by atoms with Crippen LogP contribution in [0, 0.1) is 0 Å². The summed E-state index contributed by atoms with van der Waals surface area (Å²) in [6, 6.07) is 13.4. The number of urea groups is 1. The Morgan fingerprint density at radius 2 is 1.96 bits per heavy atom. The minimum Gasteiger partial charge on any atom is -0.497 e. The van der Waals surface area contributed by atoms with Gasteiger partial charge in [0.2, 0.25) is 0 Å². The monoisotopic (exact) mass is 326 g/mol. The fourth-order valence-electron chi connectivity index (χ4n) is 3.13. The molecule has 0 bridgehead atoms. The first-order valence-electron chi connectivity index (χ1n) is 8.08. The molecule has 2 N–H and O–H groups in total. The molecule has 3 rings (SSSR count). The lowest BCUT2D eigenvalue weighted by Gasteiger charge is -2.26. The van der Waals surface area contributed by atoms with Crippen molar-refractivity contribution in [3.63, 3.8) is 0 Å². The average Bonchev–Trinajstić information content (AvgIpc) is 2.62. The Balaban J connectivity index is 1.73. The summed E-state index contributed by atoms with van der Waals surface area (Å²) in [5.41, 5.74) is 3.10. The summed E-state index contributed by atoms with van der Waals surface area (Å²) in [5.74, 6) is 1.25. The number of amides is 2. The van der Waals surface area contributed by atoms with Crippen LogP contribution >= 0.6 is 0 Å². The molecule has 0 spiro atoms. The molecule has 5 heteroatoms. The number of methoxy groups -OCH3 is 2. The van der Waals surface area contributed by atoms with Gasteiger partial charge in [-0.15, -0.1) is 0 Å². The maximum Gasteiger partial charge on any atom is 0.319 e. The van der Waals surface area contributed by atoms with E-state index in [-0.39, 0.29) is 12.1 Å². The molecule has 1 aliphatic rings. The van der Waals surface area contributed by atoms with Gasteiger partial charge in [-0.1, -0.05) is 24.3 Å². The molecule has 24 heavy (non-hydrogen) atoms. The van der Waals surface area contributed by atoms with Crippen molar-refractivity contribution < 1.29 is 14.3 Å². The molecule has 1 unspecified atom stereocenters. The third-order valence-electron chi connectivity index (χ3n) is 4.33. The standard InChI is InChI=1S/C19H22N2O3/c1-23-14-10-11-18(24-2)17(12-14)21-19(22)20-16-9-5-7-13-6-3-4-8-15(13)16/h3-4,6,8,10-12,16H,5,7,9H2,1-2H3,(H2,20,21,22). The zero-order valence-electron chi connectivity index (χ0n) is 14.0. The Labute approximate surface area is 142 Å². The van der Waals surface area contributed by atoms with E-state index in [1.54, 1.807) is 32.4 Å². The molecule has 0 heterocycles. The number of fused-ring (bicyclic) bond motifs is 1. The SMILES string of the molecule is COc1ccc(OC)c(NC(=O)NC2CCCc3ccccc32)c1. The first kappa shape index (κ1) is 16.2. The molecule has 1 aliphatic carbocycles. The van der Waals surface area contributed by atoms with Crippen LogP contribution in [0.1, 0.15) is 30.0 Å². The van der Waals surface area contributed by atoms with Gasteiger partial charge in [-0.25, -0.2) is 4.79 Å². The molecule has 0 saturated carbocycles. The Bertz CT molecular complexity index is 730. The Morgan fingerprint density at radius 3 is 2.75 bits per heavy atom. The molecular weight excluding hydrogens is 304 g/mol. The lowest BCUT2D eigenvalue weighted by atomic mass is 9.88. The number of anilines is 1. The van der Waals surface area contributed by atoms with Crippen LogP contribution in [0.4, 0.5) is 10.5 Å². The van der Waals surface area contributed by atoms with Crippen molar-refractivity contribution in [2.75, 3.05) is 19.5 Å². The van der Waals surface area contributed by atoms with Crippen LogP contribution in [0.15, 0.2) is 42.5 Å². The summed E-state index contributed by atoms with van der Waals surface area (Å²) >= 11 is 0. The molecule has 126 valence electrons. The highest BCUT2D eigenvalue weighted by Crippen LogP contribution is 2.31. The number of hydrogen-bond acceptors (Lipinski definition) is 3. The van der Waals surface area contributed by atoms with Crippen molar-refractivity contribution in [3.8, 4) is 11.5 Å². The van der Waals surface area contributed by atoms with Crippen LogP contribution in [-0.2, 0) is 6.42 Å². The minimum absolute atomic E-state index is 0.0338. The third kappa shape index (κ3) is 3.45. The maximum absolute atomic E-state index is 12.4. The Morgan fingerprint density at radius 1 is 1.12 bits per heavy atom. The number of rotatable bonds is 4. The fraction of sp³-hybridized carbons (Fsp3) is 0.316. The van der Waals surface area contributed by atoms with E-state index < -0.39 is 0 Å². The van der Waals surface area contributed by atoms with Gasteiger partial charge in [0.25, 0.3) is 0 Å². The van der Waals surface area contributed by atoms with Gasteiger partial charge >= 0.3 is 6.03 Å². The van der Waals surface area contributed by atoms with Crippen molar-refractivity contribution in [2.24, 2.45) is 0 Å². The average molecular weight is 326 g/mol. The van der Waals surface area contributed by atoms with Gasteiger partial charge in [-0.2, -0.15) is 0 Å². The molecule has 0 fully saturated rings. The number of aryl methyl sites for hydroxylation is 1. The highest BCUT2D eigenvalue weighted by Gasteiger charge is 2.21. The first-order valence-corrected chi connectivity index (χ1v) is 8.08. The molecule has 0 radical (unpaired) electrons. The number of benzene rings is 2. The van der Waals surface area contributed by atoms with Crippen molar-refractivity contribution >= 4 is 11.7 Å². The molecule has 0 aromatic heterocycles. The van der Waals surface area contributed by atoms with Crippen LogP contribution < -0.4 is 20.1 Å². The highest BCUT2D eigenvalue weighted by atomic mass is 16.5. The zero-order chi connectivity index (χ0) is 16.9. The van der Waals surface area contributed by atoms with Crippen molar-refractivity contribution in [1.29, 1.82) is 0 Å². The smallest absolute Gasteiger partial charge is 0.319 e. The molecule has 2 aromatic carbocycles. The van der Waals surface area contributed by atoms with E-state index in [4.69, 9.17) is 9.47 Å². The second-order valence-electron chi connectivity index (χ2n) is 5.81. The number of nitrogens with one attached hydrogen (secondary N) is 2. The van der Waals surface area contributed by atoms with Gasteiger partial charge in [0.1, 0.15) is 11.5 Å². The van der Waals surface area contributed by atoms with E-state index in [0.29, 0.717) is 17.2 Å². The molecular formula is C19H22N2O3. The van der Waals surface area contributed by atoms with Crippen molar-refractivity contribution in [3.05, 3.63) is 53.6 Å². The summed E-state index contributed by atoms with van der Waals surface area (Å²) in [7, 11) is 3.16. The Kier molecular flexibility index (Phi) is 4.89. The van der Waals surface area contributed by atoms with E-state index >= 15 is 0 Å². The molecule has 0 saturated heterocycles. The fourth-order valence-corrected chi connectivity index (χ4v) is 3.13. The van der Waals surface area contributed by atoms with E-state index in [2.05, 4.69) is 22.8 Å². The van der Waals surface area contributed by atoms with Crippen LogP contribution in [0.25, 0.3) is 0 Å². The largest absolute Gasteiger partial charge is 0.497 e. The van der Waals surface area contributed by atoms with E-state index in [0.717, 1.165) is 19.3 Å². The minimum atomic E-state index is -0.247. The van der Waals surface area contributed by atoms with Gasteiger partial charge in [-0.3, -0.25) is 0 Å². The molecule has 2 aromatic rings. The number of carbonyl (C=O) groups is 1. The number of ether oxygens (including phenoxy) is 2. The summed E-state index contributed by atoms with van der Waals surface area (Å²) in [4.78, 5) is 12.4. The van der Waals surface area contributed by atoms with Gasteiger partial charge in [0.05, 0.1) is 25.9 Å². The summed E-state index contributed by atoms with van der Waals surface area (Å²) in [5, 5.41) is 5.93. The lowest BCUT2D eigenvalue weighted by Crippen LogP contribution is -2.34. The zero-order valence-corrected chi connectivity index (χ0v) is 14.0. The van der Waals surface area contributed by atoms with E-state index in [9.17, 15) is 4.79 Å². The predicted molar refractivity (Wildman–Crippen MR) is 93.8 cm³/mol. The Hall–Kier alpha value is -2.69. The van der Waals surface area contributed by atoms with Gasteiger partial charge in [-0.05, 0) is 42.5 Å². The molecule has 1 atom stereocenters. The van der Waals surface area contributed by atoms with Crippen LogP contribution in [0.3, 0.4) is 0 Å². The van der Waals surface area contributed by atoms with E-state index in [1.165, 1.54) is 11.1 Å². The normalized spacial score (nSPS) is 16.0. The van der Waals surface area contributed by atoms with Crippen LogP contribution in [0.5, 0.6) is 11.5 Å². The van der Waals surface area contributed by atoms with Crippen molar-refractivity contribution in [1.82, 2.24) is 5.32 Å². The first-order chi connectivity index (χ1) is 11.7. The second-order valence-corrected chi connectivity index (χ2v) is 5.81. The summed E-state index contributed by atoms with van der Waals surface area (Å²) < 4.78 is 10.5. The maximum atomic E-state index is 12.4. The number of hydrogen-bond donors (Lipinski definition) is 2. The summed E-state index contributed by atoms with van der Waals surface area (Å²) in [6.07, 6.45) is 3.09. The highest BCUT2D eigenvalue weighted by molar-refractivity contribution is 5.91. The molecule has 0 aliphatic heterocycles. The third-order valence-corrected chi connectivity index (χ3v) is 4.33. The van der Waals surface area contributed by atoms with Gasteiger partial charge in [0.15, 0.2) is 0 Å². The summed E-state index contributed by atoms with van der Waals surface area (Å²) in [6.45, 7) is 0. The van der Waals surface area contributed by atoms with Gasteiger partial charge < -0.3 is 20.1 Å². The molecule has 2 amide bonds. The predicted octanol–water partition coefficient (Wildman–Crippen LogP) is 3.90. The van der Waals surface area contributed by atoms with Crippen LogP contribution in [-0.4, -0.2) is 20.3 Å².